The molecule has 0 spiro atoms. The molecule has 0 saturated heterocycles. The summed E-state index contributed by atoms with van der Waals surface area (Å²) in [7, 11) is 0. The molecule has 0 amide bonds. The quantitative estimate of drug-likeness (QED) is 0.753. The summed E-state index contributed by atoms with van der Waals surface area (Å²) < 4.78 is 1.72. The Bertz CT molecular complexity index is 395. The first-order chi connectivity index (χ1) is 6.90. The van der Waals surface area contributed by atoms with Crippen molar-refractivity contribution in [3.05, 3.63) is 30.9 Å². The molecule has 0 radical (unpaired) electrons. The summed E-state index contributed by atoms with van der Waals surface area (Å²) in [4.78, 5) is 8.16. The number of nitrogens with two attached hydrogens (primary N) is 1. The van der Waals surface area contributed by atoms with Gasteiger partial charge in [0.15, 0.2) is 5.82 Å². The standard InChI is InChI=1S/C9H11N5/c10-3-5-14-7-12-9(13-14)8-2-1-4-11-6-8/h1-2,4,6-7H,3,5,10H2. The molecular weight excluding hydrogens is 178 g/mol. The lowest BCUT2D eigenvalue weighted by Gasteiger charge is -1.94. The molecule has 0 atom stereocenters. The SMILES string of the molecule is NCCn1cnc(-c2cccnc2)n1. The highest BCUT2D eigenvalue weighted by atomic mass is 15.3. The van der Waals surface area contributed by atoms with Gasteiger partial charge in [0.1, 0.15) is 6.33 Å². The van der Waals surface area contributed by atoms with Gasteiger partial charge in [-0.1, -0.05) is 0 Å². The highest BCUT2D eigenvalue weighted by molar-refractivity contribution is 5.51. The molecule has 2 heterocycles. The van der Waals surface area contributed by atoms with Crippen molar-refractivity contribution in [2.45, 2.75) is 6.54 Å². The Kier molecular flexibility index (Phi) is 2.51. The smallest absolute Gasteiger partial charge is 0.182 e. The van der Waals surface area contributed by atoms with Crippen LogP contribution in [0.1, 0.15) is 0 Å². The summed E-state index contributed by atoms with van der Waals surface area (Å²) in [6.45, 7) is 1.25. The number of nitrogens with zero attached hydrogens (tertiary/aromatic N) is 4. The predicted molar refractivity (Wildman–Crippen MR) is 52.3 cm³/mol. The fourth-order valence-corrected chi connectivity index (χ4v) is 1.16. The van der Waals surface area contributed by atoms with Crippen molar-refractivity contribution < 1.29 is 0 Å². The van der Waals surface area contributed by atoms with Crippen LogP contribution in [0.3, 0.4) is 0 Å². The number of pyridine rings is 1. The lowest BCUT2D eigenvalue weighted by atomic mass is 10.3. The van der Waals surface area contributed by atoms with E-state index in [0.717, 1.165) is 5.56 Å². The summed E-state index contributed by atoms with van der Waals surface area (Å²) in [6, 6.07) is 3.79. The molecule has 5 nitrogen and oxygen atoms in total. The second kappa shape index (κ2) is 3.97. The molecule has 0 aliphatic carbocycles. The van der Waals surface area contributed by atoms with Crippen molar-refractivity contribution in [1.29, 1.82) is 0 Å². The van der Waals surface area contributed by atoms with Crippen molar-refractivity contribution in [1.82, 2.24) is 19.7 Å². The van der Waals surface area contributed by atoms with E-state index in [4.69, 9.17) is 5.73 Å². The van der Waals surface area contributed by atoms with Crippen molar-refractivity contribution in [2.75, 3.05) is 6.54 Å². The van der Waals surface area contributed by atoms with E-state index in [1.165, 1.54) is 0 Å². The fraction of sp³-hybridized carbons (Fsp3) is 0.222. The molecule has 0 bridgehead atoms. The highest BCUT2D eigenvalue weighted by Crippen LogP contribution is 2.10. The van der Waals surface area contributed by atoms with E-state index in [-0.39, 0.29) is 0 Å². The summed E-state index contributed by atoms with van der Waals surface area (Å²) in [5.74, 6) is 0.687. The normalized spacial score (nSPS) is 10.4. The van der Waals surface area contributed by atoms with E-state index in [0.29, 0.717) is 18.9 Å². The molecule has 0 saturated carbocycles. The maximum atomic E-state index is 5.41. The van der Waals surface area contributed by atoms with Crippen molar-refractivity contribution in [2.24, 2.45) is 5.73 Å². The summed E-state index contributed by atoms with van der Waals surface area (Å²) in [5.41, 5.74) is 6.33. The molecule has 2 rings (SSSR count). The Hall–Kier alpha value is -1.75. The Morgan fingerprint density at radius 1 is 1.43 bits per heavy atom. The molecule has 0 aliphatic heterocycles. The average molecular weight is 189 g/mol. The minimum atomic E-state index is 0.565. The van der Waals surface area contributed by atoms with Gasteiger partial charge in [0.25, 0.3) is 0 Å². The van der Waals surface area contributed by atoms with Crippen LogP contribution >= 0.6 is 0 Å². The molecule has 14 heavy (non-hydrogen) atoms. The molecule has 2 aromatic rings. The van der Waals surface area contributed by atoms with Crippen LogP contribution < -0.4 is 5.73 Å². The maximum absolute atomic E-state index is 5.41. The molecule has 0 aliphatic rings. The third-order valence-corrected chi connectivity index (χ3v) is 1.81. The lowest BCUT2D eigenvalue weighted by Crippen LogP contribution is -2.10. The van der Waals surface area contributed by atoms with Gasteiger partial charge in [0.2, 0.25) is 0 Å². The number of hydrogen-bond acceptors (Lipinski definition) is 4. The van der Waals surface area contributed by atoms with Crippen LogP contribution in [0.5, 0.6) is 0 Å². The lowest BCUT2D eigenvalue weighted by molar-refractivity contribution is 0.625. The van der Waals surface area contributed by atoms with E-state index >= 15 is 0 Å². The van der Waals surface area contributed by atoms with Gasteiger partial charge in [-0.25, -0.2) is 4.98 Å². The van der Waals surface area contributed by atoms with Crippen LogP contribution in [-0.4, -0.2) is 26.3 Å². The van der Waals surface area contributed by atoms with Gasteiger partial charge in [0, 0.05) is 24.5 Å². The van der Waals surface area contributed by atoms with E-state index < -0.39 is 0 Å². The molecule has 72 valence electrons. The summed E-state index contributed by atoms with van der Waals surface area (Å²) >= 11 is 0. The van der Waals surface area contributed by atoms with Gasteiger partial charge in [-0.3, -0.25) is 9.67 Å². The zero-order valence-corrected chi connectivity index (χ0v) is 7.67. The summed E-state index contributed by atoms with van der Waals surface area (Å²) in [5, 5.41) is 4.26. The topological polar surface area (TPSA) is 69.6 Å². The van der Waals surface area contributed by atoms with E-state index in [2.05, 4.69) is 15.1 Å². The Morgan fingerprint density at radius 3 is 3.07 bits per heavy atom. The van der Waals surface area contributed by atoms with Gasteiger partial charge in [-0.05, 0) is 12.1 Å². The monoisotopic (exact) mass is 189 g/mol. The van der Waals surface area contributed by atoms with Crippen LogP contribution in [0, 0.1) is 0 Å². The first-order valence-corrected chi connectivity index (χ1v) is 4.40. The van der Waals surface area contributed by atoms with Crippen molar-refractivity contribution in [3.8, 4) is 11.4 Å². The van der Waals surface area contributed by atoms with Crippen molar-refractivity contribution >= 4 is 0 Å². The molecule has 0 aromatic carbocycles. The third kappa shape index (κ3) is 1.77. The van der Waals surface area contributed by atoms with E-state index in [1.54, 1.807) is 23.4 Å². The molecule has 2 N–H and O–H groups in total. The molecule has 5 heteroatoms. The predicted octanol–water partition coefficient (Wildman–Crippen LogP) is 0.299. The number of aromatic nitrogens is 4. The second-order valence-electron chi connectivity index (χ2n) is 2.86. The minimum Gasteiger partial charge on any atom is -0.329 e. The zero-order chi connectivity index (χ0) is 9.80. The first kappa shape index (κ1) is 8.83. The van der Waals surface area contributed by atoms with E-state index in [9.17, 15) is 0 Å². The Balaban J connectivity index is 2.25. The molecule has 0 unspecified atom stereocenters. The average Bonchev–Trinajstić information content (AvgIpc) is 2.68. The van der Waals surface area contributed by atoms with Crippen LogP contribution in [0.2, 0.25) is 0 Å². The largest absolute Gasteiger partial charge is 0.329 e. The van der Waals surface area contributed by atoms with Crippen LogP contribution in [0.15, 0.2) is 30.9 Å². The second-order valence-corrected chi connectivity index (χ2v) is 2.86. The fourth-order valence-electron chi connectivity index (χ4n) is 1.16. The first-order valence-electron chi connectivity index (χ1n) is 4.40. The minimum absolute atomic E-state index is 0.565. The maximum Gasteiger partial charge on any atom is 0.182 e. The van der Waals surface area contributed by atoms with Crippen molar-refractivity contribution in [3.63, 3.8) is 0 Å². The van der Waals surface area contributed by atoms with E-state index in [1.807, 2.05) is 12.1 Å². The molecular formula is C9H11N5. The Morgan fingerprint density at radius 2 is 2.36 bits per heavy atom. The molecule has 0 fully saturated rings. The van der Waals surface area contributed by atoms with Gasteiger partial charge >= 0.3 is 0 Å². The molecule has 2 aromatic heterocycles. The highest BCUT2D eigenvalue weighted by Gasteiger charge is 2.02. The van der Waals surface area contributed by atoms with Gasteiger partial charge in [-0.15, -0.1) is 0 Å². The zero-order valence-electron chi connectivity index (χ0n) is 7.67. The van der Waals surface area contributed by atoms with Crippen LogP contribution in [-0.2, 0) is 6.54 Å². The third-order valence-electron chi connectivity index (χ3n) is 1.81. The van der Waals surface area contributed by atoms with Gasteiger partial charge in [0.05, 0.1) is 6.54 Å². The van der Waals surface area contributed by atoms with Crippen LogP contribution in [0.25, 0.3) is 11.4 Å². The van der Waals surface area contributed by atoms with Gasteiger partial charge < -0.3 is 5.73 Å². The summed E-state index contributed by atoms with van der Waals surface area (Å²) in [6.07, 6.45) is 5.14. The number of rotatable bonds is 3. The van der Waals surface area contributed by atoms with Gasteiger partial charge in [-0.2, -0.15) is 5.10 Å². The van der Waals surface area contributed by atoms with Crippen LogP contribution in [0.4, 0.5) is 0 Å². The number of hydrogen-bond donors (Lipinski definition) is 1. The Labute approximate surface area is 81.6 Å².